The molecule has 0 radical (unpaired) electrons. The van der Waals surface area contributed by atoms with Gasteiger partial charge < -0.3 is 19.7 Å². The summed E-state index contributed by atoms with van der Waals surface area (Å²) in [6, 6.07) is 3.78. The second-order valence-corrected chi connectivity index (χ2v) is 5.74. The van der Waals surface area contributed by atoms with Gasteiger partial charge in [-0.25, -0.2) is 0 Å². The van der Waals surface area contributed by atoms with E-state index in [0.29, 0.717) is 41.2 Å². The van der Waals surface area contributed by atoms with Gasteiger partial charge in [-0.15, -0.1) is 0 Å². The number of hydrogen-bond donors (Lipinski definition) is 2. The Bertz CT molecular complexity index is 427. The lowest BCUT2D eigenvalue weighted by Crippen LogP contribution is -2.14. The normalized spacial score (nSPS) is 15.9. The summed E-state index contributed by atoms with van der Waals surface area (Å²) in [5.41, 5.74) is 1.02. The van der Waals surface area contributed by atoms with Crippen LogP contribution >= 0.6 is 23.4 Å². The third kappa shape index (κ3) is 4.18. The summed E-state index contributed by atoms with van der Waals surface area (Å²) < 4.78 is 11.2. The maximum Gasteiger partial charge on any atom is 0.179 e. The third-order valence-electron chi connectivity index (χ3n) is 2.65. The predicted octanol–water partition coefficient (Wildman–Crippen LogP) is 2.09. The Balaban J connectivity index is 2.02. The second-order valence-electron chi connectivity index (χ2n) is 4.31. The van der Waals surface area contributed by atoms with Crippen LogP contribution < -0.4 is 9.47 Å². The minimum atomic E-state index is -0.680. The van der Waals surface area contributed by atoms with Crippen LogP contribution in [-0.4, -0.2) is 41.9 Å². The molecule has 1 aromatic carbocycles. The highest BCUT2D eigenvalue weighted by Crippen LogP contribution is 2.38. The quantitative estimate of drug-likeness (QED) is 0.872. The van der Waals surface area contributed by atoms with Crippen molar-refractivity contribution in [2.45, 2.75) is 18.3 Å². The van der Waals surface area contributed by atoms with E-state index in [0.717, 1.165) is 12.0 Å². The standard InChI is InChI=1S/C13H17ClO4S/c14-11-4-9(7-19-8-10(16)6-15)5-12-13(11)18-3-1-2-17-12/h4-5,10,15-16H,1-3,6-8H2. The Hall–Kier alpha value is -0.620. The van der Waals surface area contributed by atoms with E-state index in [1.807, 2.05) is 12.1 Å². The first-order valence-electron chi connectivity index (χ1n) is 6.15. The van der Waals surface area contributed by atoms with Crippen LogP contribution in [0.3, 0.4) is 0 Å². The smallest absolute Gasteiger partial charge is 0.179 e. The van der Waals surface area contributed by atoms with E-state index >= 15 is 0 Å². The van der Waals surface area contributed by atoms with Crippen molar-refractivity contribution in [2.24, 2.45) is 0 Å². The molecular formula is C13H17ClO4S. The zero-order valence-electron chi connectivity index (χ0n) is 10.5. The van der Waals surface area contributed by atoms with Crippen molar-refractivity contribution in [3.05, 3.63) is 22.7 Å². The van der Waals surface area contributed by atoms with Gasteiger partial charge in [0.05, 0.1) is 30.9 Å². The van der Waals surface area contributed by atoms with E-state index in [2.05, 4.69) is 0 Å². The van der Waals surface area contributed by atoms with E-state index in [-0.39, 0.29) is 6.61 Å². The fourth-order valence-corrected chi connectivity index (χ4v) is 2.92. The van der Waals surface area contributed by atoms with E-state index in [9.17, 15) is 5.11 Å². The van der Waals surface area contributed by atoms with Gasteiger partial charge >= 0.3 is 0 Å². The molecule has 0 spiro atoms. The topological polar surface area (TPSA) is 58.9 Å². The molecule has 0 amide bonds. The first-order valence-corrected chi connectivity index (χ1v) is 7.68. The second kappa shape index (κ2) is 7.24. The van der Waals surface area contributed by atoms with Crippen LogP contribution in [0.15, 0.2) is 12.1 Å². The molecule has 2 N–H and O–H groups in total. The molecule has 0 fully saturated rings. The Morgan fingerprint density at radius 2 is 2.11 bits per heavy atom. The molecule has 19 heavy (non-hydrogen) atoms. The van der Waals surface area contributed by atoms with Crippen LogP contribution in [0.25, 0.3) is 0 Å². The molecule has 1 aliphatic rings. The van der Waals surface area contributed by atoms with Crippen molar-refractivity contribution in [1.82, 2.24) is 0 Å². The molecular weight excluding hydrogens is 288 g/mol. The van der Waals surface area contributed by atoms with Crippen LogP contribution in [0, 0.1) is 0 Å². The molecule has 1 heterocycles. The number of ether oxygens (including phenoxy) is 2. The lowest BCUT2D eigenvalue weighted by atomic mass is 10.2. The number of fused-ring (bicyclic) bond motifs is 1. The van der Waals surface area contributed by atoms with Crippen molar-refractivity contribution >= 4 is 23.4 Å². The number of halogens is 1. The zero-order chi connectivity index (χ0) is 13.7. The van der Waals surface area contributed by atoms with Gasteiger partial charge in [0.25, 0.3) is 0 Å². The monoisotopic (exact) mass is 304 g/mol. The summed E-state index contributed by atoms with van der Waals surface area (Å²) in [5, 5.41) is 18.6. The summed E-state index contributed by atoms with van der Waals surface area (Å²) in [4.78, 5) is 0. The fourth-order valence-electron chi connectivity index (χ4n) is 1.73. The first kappa shape index (κ1) is 14.8. The van der Waals surface area contributed by atoms with Crippen molar-refractivity contribution in [3.8, 4) is 11.5 Å². The summed E-state index contributed by atoms with van der Waals surface area (Å²) in [6.45, 7) is 1.03. The van der Waals surface area contributed by atoms with Gasteiger partial charge in [-0.1, -0.05) is 11.6 Å². The highest BCUT2D eigenvalue weighted by Gasteiger charge is 2.15. The Labute approximate surface area is 121 Å². The van der Waals surface area contributed by atoms with Gasteiger partial charge in [0.1, 0.15) is 0 Å². The van der Waals surface area contributed by atoms with Crippen molar-refractivity contribution in [2.75, 3.05) is 25.6 Å². The molecule has 6 heteroatoms. The van der Waals surface area contributed by atoms with Gasteiger partial charge in [-0.05, 0) is 17.7 Å². The van der Waals surface area contributed by atoms with Gasteiger partial charge in [0.2, 0.25) is 0 Å². The zero-order valence-corrected chi connectivity index (χ0v) is 12.0. The first-order chi connectivity index (χ1) is 9.20. The van der Waals surface area contributed by atoms with E-state index < -0.39 is 6.10 Å². The Morgan fingerprint density at radius 1 is 1.32 bits per heavy atom. The molecule has 0 bridgehead atoms. The Kier molecular flexibility index (Phi) is 5.63. The number of hydrogen-bond acceptors (Lipinski definition) is 5. The molecule has 106 valence electrons. The molecule has 1 atom stereocenters. The van der Waals surface area contributed by atoms with Crippen LogP contribution in [0.1, 0.15) is 12.0 Å². The lowest BCUT2D eigenvalue weighted by molar-refractivity contribution is 0.113. The molecule has 0 saturated carbocycles. The van der Waals surface area contributed by atoms with Gasteiger partial charge in [-0.2, -0.15) is 11.8 Å². The van der Waals surface area contributed by atoms with Crippen molar-refractivity contribution < 1.29 is 19.7 Å². The van der Waals surface area contributed by atoms with E-state index in [4.69, 9.17) is 26.2 Å². The summed E-state index contributed by atoms with van der Waals surface area (Å²) in [7, 11) is 0. The number of benzene rings is 1. The average molecular weight is 305 g/mol. The maximum absolute atomic E-state index is 9.28. The highest BCUT2D eigenvalue weighted by molar-refractivity contribution is 7.98. The number of thioether (sulfide) groups is 1. The predicted molar refractivity (Wildman–Crippen MR) is 76.3 cm³/mol. The molecule has 2 rings (SSSR count). The van der Waals surface area contributed by atoms with Gasteiger partial charge in [0, 0.05) is 17.9 Å². The minimum absolute atomic E-state index is 0.213. The van der Waals surface area contributed by atoms with Gasteiger partial charge in [0.15, 0.2) is 11.5 Å². The van der Waals surface area contributed by atoms with Crippen LogP contribution in [-0.2, 0) is 5.75 Å². The van der Waals surface area contributed by atoms with Crippen molar-refractivity contribution in [3.63, 3.8) is 0 Å². The van der Waals surface area contributed by atoms with Gasteiger partial charge in [-0.3, -0.25) is 0 Å². The molecule has 1 aliphatic heterocycles. The van der Waals surface area contributed by atoms with Crippen molar-refractivity contribution in [1.29, 1.82) is 0 Å². The number of rotatable bonds is 5. The minimum Gasteiger partial charge on any atom is -0.489 e. The summed E-state index contributed by atoms with van der Waals surface area (Å²) in [5.74, 6) is 2.49. The molecule has 0 saturated heterocycles. The van der Waals surface area contributed by atoms with Crippen LogP contribution in [0.4, 0.5) is 0 Å². The summed E-state index contributed by atoms with van der Waals surface area (Å²) in [6.07, 6.45) is 0.165. The molecule has 4 nitrogen and oxygen atoms in total. The lowest BCUT2D eigenvalue weighted by Gasteiger charge is -2.12. The Morgan fingerprint density at radius 3 is 2.89 bits per heavy atom. The molecule has 0 aromatic heterocycles. The summed E-state index contributed by atoms with van der Waals surface area (Å²) >= 11 is 7.72. The maximum atomic E-state index is 9.28. The van der Waals surface area contributed by atoms with E-state index in [1.165, 1.54) is 11.8 Å². The molecule has 0 aliphatic carbocycles. The van der Waals surface area contributed by atoms with Crippen LogP contribution in [0.5, 0.6) is 11.5 Å². The fraction of sp³-hybridized carbons (Fsp3) is 0.538. The SMILES string of the molecule is OCC(O)CSCc1cc(Cl)c2c(c1)OCCCO2. The largest absolute Gasteiger partial charge is 0.489 e. The highest BCUT2D eigenvalue weighted by atomic mass is 35.5. The molecule has 1 unspecified atom stereocenters. The molecule has 1 aromatic rings. The number of aliphatic hydroxyl groups is 2. The van der Waals surface area contributed by atoms with Crippen LogP contribution in [0.2, 0.25) is 5.02 Å². The van der Waals surface area contributed by atoms with E-state index in [1.54, 1.807) is 0 Å². The third-order valence-corrected chi connectivity index (χ3v) is 4.09. The average Bonchev–Trinajstić information content (AvgIpc) is 2.64. The number of aliphatic hydroxyl groups excluding tert-OH is 2.